The average molecular weight is 278 g/mol. The van der Waals surface area contributed by atoms with Crippen molar-refractivity contribution in [2.45, 2.75) is 16.0 Å². The monoisotopic (exact) mass is 278 g/mol. The van der Waals surface area contributed by atoms with Crippen molar-refractivity contribution in [2.75, 3.05) is 7.05 Å². The Morgan fingerprint density at radius 3 is 2.83 bits per heavy atom. The third-order valence-corrected chi connectivity index (χ3v) is 5.17. The van der Waals surface area contributed by atoms with Gasteiger partial charge in [-0.15, -0.1) is 11.3 Å². The SMILES string of the molecule is CN1C(=O)CC(Sc2nc3ccccc3s2)C1=O. The molecule has 0 bridgehead atoms. The number of carbonyl (C=O) groups is 2. The quantitative estimate of drug-likeness (QED) is 0.790. The molecule has 2 heterocycles. The number of carbonyl (C=O) groups excluding carboxylic acids is 2. The van der Waals surface area contributed by atoms with E-state index < -0.39 is 0 Å². The third kappa shape index (κ3) is 1.91. The number of amides is 2. The first-order chi connectivity index (χ1) is 8.65. The summed E-state index contributed by atoms with van der Waals surface area (Å²) in [6, 6.07) is 7.86. The zero-order valence-electron chi connectivity index (χ0n) is 9.62. The Morgan fingerprint density at radius 1 is 1.39 bits per heavy atom. The summed E-state index contributed by atoms with van der Waals surface area (Å²) in [7, 11) is 1.53. The number of hydrogen-bond donors (Lipinski definition) is 0. The van der Waals surface area contributed by atoms with Gasteiger partial charge in [0.1, 0.15) is 0 Å². The van der Waals surface area contributed by atoms with Crippen molar-refractivity contribution in [3.63, 3.8) is 0 Å². The third-order valence-electron chi connectivity index (χ3n) is 2.86. The number of likely N-dealkylation sites (tertiary alicyclic amines) is 1. The van der Waals surface area contributed by atoms with Crippen molar-refractivity contribution in [3.05, 3.63) is 24.3 Å². The number of rotatable bonds is 2. The Balaban J connectivity index is 1.85. The van der Waals surface area contributed by atoms with Crippen molar-refractivity contribution >= 4 is 45.1 Å². The molecule has 1 aromatic heterocycles. The summed E-state index contributed by atoms with van der Waals surface area (Å²) in [4.78, 5) is 28.9. The predicted molar refractivity (Wildman–Crippen MR) is 71.7 cm³/mol. The lowest BCUT2D eigenvalue weighted by Gasteiger charge is -2.06. The molecule has 0 aliphatic carbocycles. The maximum atomic E-state index is 11.8. The fourth-order valence-corrected chi connectivity index (χ4v) is 4.22. The van der Waals surface area contributed by atoms with Crippen LogP contribution in [0.1, 0.15) is 6.42 Å². The molecule has 1 aromatic carbocycles. The molecule has 0 saturated carbocycles. The van der Waals surface area contributed by atoms with Crippen molar-refractivity contribution in [2.24, 2.45) is 0 Å². The van der Waals surface area contributed by atoms with E-state index >= 15 is 0 Å². The summed E-state index contributed by atoms with van der Waals surface area (Å²) in [6.45, 7) is 0. The van der Waals surface area contributed by atoms with Crippen molar-refractivity contribution < 1.29 is 9.59 Å². The predicted octanol–water partition coefficient (Wildman–Crippen LogP) is 2.15. The average Bonchev–Trinajstić information content (AvgIpc) is 2.87. The summed E-state index contributed by atoms with van der Waals surface area (Å²) in [6.07, 6.45) is 0.274. The summed E-state index contributed by atoms with van der Waals surface area (Å²) in [5.74, 6) is -0.233. The second-order valence-electron chi connectivity index (χ2n) is 4.05. The molecule has 0 spiro atoms. The van der Waals surface area contributed by atoms with Gasteiger partial charge in [0.05, 0.1) is 15.5 Å². The van der Waals surface area contributed by atoms with Gasteiger partial charge in [0.2, 0.25) is 11.8 Å². The second kappa shape index (κ2) is 4.37. The fourth-order valence-electron chi connectivity index (χ4n) is 1.84. The van der Waals surface area contributed by atoms with Crippen molar-refractivity contribution in [1.29, 1.82) is 0 Å². The summed E-state index contributed by atoms with van der Waals surface area (Å²) < 4.78 is 1.95. The first kappa shape index (κ1) is 11.7. The fraction of sp³-hybridized carbons (Fsp3) is 0.250. The number of imide groups is 1. The molecular weight excluding hydrogens is 268 g/mol. The van der Waals surface area contributed by atoms with Crippen LogP contribution < -0.4 is 0 Å². The minimum absolute atomic E-state index is 0.112. The molecule has 18 heavy (non-hydrogen) atoms. The van der Waals surface area contributed by atoms with E-state index in [-0.39, 0.29) is 23.5 Å². The van der Waals surface area contributed by atoms with E-state index in [2.05, 4.69) is 4.98 Å². The number of hydrogen-bond acceptors (Lipinski definition) is 5. The van der Waals surface area contributed by atoms with E-state index in [1.807, 2.05) is 24.3 Å². The van der Waals surface area contributed by atoms with E-state index in [9.17, 15) is 9.59 Å². The van der Waals surface area contributed by atoms with Crippen molar-refractivity contribution in [1.82, 2.24) is 9.88 Å². The Kier molecular flexibility index (Phi) is 2.83. The number of thioether (sulfide) groups is 1. The molecule has 1 aliphatic heterocycles. The lowest BCUT2D eigenvalue weighted by molar-refractivity contribution is -0.136. The van der Waals surface area contributed by atoms with Gasteiger partial charge in [-0.3, -0.25) is 14.5 Å². The number of benzene rings is 1. The van der Waals surface area contributed by atoms with Crippen LogP contribution in [0.5, 0.6) is 0 Å². The maximum absolute atomic E-state index is 11.8. The Hall–Kier alpha value is -1.40. The normalized spacial score (nSPS) is 20.1. The number of para-hydroxylation sites is 1. The van der Waals surface area contributed by atoms with Crippen LogP contribution in [-0.4, -0.2) is 34.0 Å². The van der Waals surface area contributed by atoms with Gasteiger partial charge in [0.15, 0.2) is 4.34 Å². The minimum atomic E-state index is -0.317. The van der Waals surface area contributed by atoms with E-state index in [0.29, 0.717) is 0 Å². The molecule has 2 aromatic rings. The Labute approximate surface area is 112 Å². The highest BCUT2D eigenvalue weighted by atomic mass is 32.2. The summed E-state index contributed by atoms with van der Waals surface area (Å²) in [5, 5.41) is -0.317. The van der Waals surface area contributed by atoms with Crippen LogP contribution in [-0.2, 0) is 9.59 Å². The smallest absolute Gasteiger partial charge is 0.243 e. The van der Waals surface area contributed by atoms with Crippen LogP contribution in [0.25, 0.3) is 10.2 Å². The molecule has 1 fully saturated rings. The van der Waals surface area contributed by atoms with Crippen LogP contribution in [0.3, 0.4) is 0 Å². The topological polar surface area (TPSA) is 50.3 Å². The van der Waals surface area contributed by atoms with E-state index in [4.69, 9.17) is 0 Å². The van der Waals surface area contributed by atoms with Crippen molar-refractivity contribution in [3.8, 4) is 0 Å². The van der Waals surface area contributed by atoms with E-state index in [1.165, 1.54) is 23.7 Å². The number of fused-ring (bicyclic) bond motifs is 1. The first-order valence-electron chi connectivity index (χ1n) is 5.48. The molecule has 1 unspecified atom stereocenters. The number of aromatic nitrogens is 1. The molecule has 1 aliphatic rings. The maximum Gasteiger partial charge on any atom is 0.243 e. The summed E-state index contributed by atoms with van der Waals surface area (Å²) in [5.41, 5.74) is 0.940. The van der Waals surface area contributed by atoms with Crippen LogP contribution in [0, 0.1) is 0 Å². The van der Waals surface area contributed by atoms with Gasteiger partial charge in [-0.05, 0) is 12.1 Å². The van der Waals surface area contributed by atoms with Gasteiger partial charge in [0, 0.05) is 13.5 Å². The second-order valence-corrected chi connectivity index (χ2v) is 6.53. The highest BCUT2D eigenvalue weighted by Gasteiger charge is 2.37. The van der Waals surface area contributed by atoms with Crippen LogP contribution in [0.4, 0.5) is 0 Å². The number of thiazole rings is 1. The van der Waals surface area contributed by atoms with Gasteiger partial charge in [-0.2, -0.15) is 0 Å². The van der Waals surface area contributed by atoms with Gasteiger partial charge in [0.25, 0.3) is 0 Å². The lowest BCUT2D eigenvalue weighted by atomic mass is 10.3. The molecule has 6 heteroatoms. The highest BCUT2D eigenvalue weighted by molar-refractivity contribution is 8.02. The highest BCUT2D eigenvalue weighted by Crippen LogP contribution is 2.35. The number of nitrogens with zero attached hydrogens (tertiary/aromatic N) is 2. The molecule has 1 saturated heterocycles. The Bertz CT molecular complexity index is 605. The molecular formula is C12H10N2O2S2. The first-order valence-corrected chi connectivity index (χ1v) is 7.17. The van der Waals surface area contributed by atoms with Gasteiger partial charge in [-0.1, -0.05) is 23.9 Å². The largest absolute Gasteiger partial charge is 0.285 e. The Morgan fingerprint density at radius 2 is 2.17 bits per heavy atom. The van der Waals surface area contributed by atoms with Crippen LogP contribution in [0.15, 0.2) is 28.6 Å². The van der Waals surface area contributed by atoms with Gasteiger partial charge in [-0.25, -0.2) is 4.98 Å². The van der Waals surface area contributed by atoms with E-state index in [0.717, 1.165) is 14.6 Å². The zero-order chi connectivity index (χ0) is 12.7. The van der Waals surface area contributed by atoms with Crippen LogP contribution >= 0.6 is 23.1 Å². The summed E-state index contributed by atoms with van der Waals surface area (Å²) >= 11 is 2.95. The van der Waals surface area contributed by atoms with E-state index in [1.54, 1.807) is 11.3 Å². The molecule has 0 N–H and O–H groups in total. The lowest BCUT2D eigenvalue weighted by Crippen LogP contribution is -2.26. The molecule has 4 nitrogen and oxygen atoms in total. The molecule has 92 valence electrons. The molecule has 0 radical (unpaired) electrons. The molecule has 2 amide bonds. The van der Waals surface area contributed by atoms with Crippen LogP contribution in [0.2, 0.25) is 0 Å². The van der Waals surface area contributed by atoms with Gasteiger partial charge >= 0.3 is 0 Å². The molecule has 1 atom stereocenters. The zero-order valence-corrected chi connectivity index (χ0v) is 11.3. The molecule has 3 rings (SSSR count). The van der Waals surface area contributed by atoms with Gasteiger partial charge < -0.3 is 0 Å². The standard InChI is InChI=1S/C12H10N2O2S2/c1-14-10(15)6-9(11(14)16)18-12-13-7-4-2-3-5-8(7)17-12/h2-5,9H,6H2,1H3. The minimum Gasteiger partial charge on any atom is -0.285 e.